The Bertz CT molecular complexity index is 1170. The highest BCUT2D eigenvalue weighted by atomic mass is 35.5. The minimum Gasteiger partial charge on any atom is -0.497 e. The van der Waals surface area contributed by atoms with Crippen LogP contribution in [0.15, 0.2) is 42.5 Å². The van der Waals surface area contributed by atoms with Crippen LogP contribution in [-0.4, -0.2) is 64.2 Å². The van der Waals surface area contributed by atoms with E-state index in [-0.39, 0.29) is 29.2 Å². The zero-order chi connectivity index (χ0) is 27.8. The van der Waals surface area contributed by atoms with Gasteiger partial charge in [0.1, 0.15) is 24.1 Å². The second-order valence-corrected chi connectivity index (χ2v) is 11.0. The minimum atomic E-state index is -3.87. The highest BCUT2D eigenvalue weighted by molar-refractivity contribution is 7.92. The average molecular weight is 554 g/mol. The highest BCUT2D eigenvalue weighted by Crippen LogP contribution is 2.30. The fourth-order valence-electron chi connectivity index (χ4n) is 3.71. The van der Waals surface area contributed by atoms with E-state index in [0.717, 1.165) is 22.5 Å². The van der Waals surface area contributed by atoms with Gasteiger partial charge >= 0.3 is 0 Å². The number of anilines is 1. The first-order valence-corrected chi connectivity index (χ1v) is 14.2. The number of amides is 2. The SMILES string of the molecule is CC[C@@H](C)NC(=O)[C@@H](CC)N(Cc1ccc(OC)cc1)C(=O)CN(c1ccc(OC)c(Cl)c1)S(C)(=O)=O. The molecule has 0 saturated carbocycles. The molecule has 0 unspecified atom stereocenters. The lowest BCUT2D eigenvalue weighted by molar-refractivity contribution is -0.140. The molecular formula is C26H36ClN3O6S. The number of sulfonamides is 1. The van der Waals surface area contributed by atoms with Crippen LogP contribution in [0.4, 0.5) is 5.69 Å². The van der Waals surface area contributed by atoms with E-state index >= 15 is 0 Å². The van der Waals surface area contributed by atoms with Gasteiger partial charge in [0.15, 0.2) is 0 Å². The van der Waals surface area contributed by atoms with Crippen LogP contribution >= 0.6 is 11.6 Å². The zero-order valence-electron chi connectivity index (χ0n) is 22.2. The van der Waals surface area contributed by atoms with E-state index in [9.17, 15) is 18.0 Å². The van der Waals surface area contributed by atoms with E-state index in [2.05, 4.69) is 5.32 Å². The van der Waals surface area contributed by atoms with E-state index in [1.54, 1.807) is 31.4 Å². The Morgan fingerprint density at radius 2 is 1.68 bits per heavy atom. The number of methoxy groups -OCH3 is 2. The second kappa shape index (κ2) is 13.5. The quantitative estimate of drug-likeness (QED) is 0.404. The molecular weight excluding hydrogens is 518 g/mol. The van der Waals surface area contributed by atoms with Crippen LogP contribution in [0.3, 0.4) is 0 Å². The molecule has 2 atom stereocenters. The summed E-state index contributed by atoms with van der Waals surface area (Å²) in [6.45, 7) is 5.25. The van der Waals surface area contributed by atoms with Gasteiger partial charge in [-0.25, -0.2) is 8.42 Å². The van der Waals surface area contributed by atoms with Gasteiger partial charge in [-0.15, -0.1) is 0 Å². The van der Waals surface area contributed by atoms with Crippen molar-refractivity contribution in [2.24, 2.45) is 0 Å². The molecule has 0 fully saturated rings. The van der Waals surface area contributed by atoms with Crippen molar-refractivity contribution in [2.45, 2.75) is 52.2 Å². The predicted octanol–water partition coefficient (Wildman–Crippen LogP) is 3.85. The van der Waals surface area contributed by atoms with Crippen LogP contribution in [0.1, 0.15) is 39.2 Å². The van der Waals surface area contributed by atoms with Gasteiger partial charge in [0, 0.05) is 12.6 Å². The second-order valence-electron chi connectivity index (χ2n) is 8.70. The first kappa shape index (κ1) is 30.2. The molecule has 0 spiro atoms. The molecule has 0 radical (unpaired) electrons. The molecule has 0 aromatic heterocycles. The number of nitrogens with zero attached hydrogens (tertiary/aromatic N) is 2. The molecule has 0 aliphatic rings. The fraction of sp³-hybridized carbons (Fsp3) is 0.462. The lowest BCUT2D eigenvalue weighted by atomic mass is 10.1. The zero-order valence-corrected chi connectivity index (χ0v) is 23.7. The molecule has 0 aliphatic carbocycles. The van der Waals surface area contributed by atoms with Gasteiger partial charge in [-0.05, 0) is 55.7 Å². The summed E-state index contributed by atoms with van der Waals surface area (Å²) in [6, 6.07) is 10.7. The predicted molar refractivity (Wildman–Crippen MR) is 146 cm³/mol. The molecule has 2 amide bonds. The van der Waals surface area contributed by atoms with E-state index in [4.69, 9.17) is 21.1 Å². The summed E-state index contributed by atoms with van der Waals surface area (Å²) >= 11 is 6.23. The number of benzene rings is 2. The molecule has 2 rings (SSSR count). The molecule has 0 heterocycles. The highest BCUT2D eigenvalue weighted by Gasteiger charge is 2.32. The summed E-state index contributed by atoms with van der Waals surface area (Å²) in [5.74, 6) is 0.207. The van der Waals surface area contributed by atoms with Crippen molar-refractivity contribution in [3.05, 3.63) is 53.1 Å². The number of halogens is 1. The third kappa shape index (κ3) is 8.26. The van der Waals surface area contributed by atoms with Gasteiger partial charge in [0.2, 0.25) is 21.8 Å². The fourth-order valence-corrected chi connectivity index (χ4v) is 4.81. The summed E-state index contributed by atoms with van der Waals surface area (Å²) < 4.78 is 36.8. The van der Waals surface area contributed by atoms with Crippen LogP contribution < -0.4 is 19.1 Å². The first-order chi connectivity index (χ1) is 17.4. The monoisotopic (exact) mass is 553 g/mol. The Kier molecular flexibility index (Phi) is 11.1. The van der Waals surface area contributed by atoms with Crippen molar-refractivity contribution >= 4 is 39.1 Å². The smallest absolute Gasteiger partial charge is 0.244 e. The maximum atomic E-state index is 13.7. The van der Waals surface area contributed by atoms with Gasteiger partial charge in [-0.1, -0.05) is 37.6 Å². The molecule has 204 valence electrons. The van der Waals surface area contributed by atoms with Crippen LogP contribution in [0.2, 0.25) is 5.02 Å². The number of hydrogen-bond acceptors (Lipinski definition) is 6. The Morgan fingerprint density at radius 1 is 1.03 bits per heavy atom. The van der Waals surface area contributed by atoms with E-state index in [1.165, 1.54) is 30.2 Å². The van der Waals surface area contributed by atoms with Gasteiger partial charge < -0.3 is 19.7 Å². The minimum absolute atomic E-state index is 0.0755. The normalized spacial score (nSPS) is 12.8. The molecule has 11 heteroatoms. The average Bonchev–Trinajstić information content (AvgIpc) is 2.86. The first-order valence-electron chi connectivity index (χ1n) is 12.0. The molecule has 2 aromatic carbocycles. The molecule has 0 aliphatic heterocycles. The Hall–Kier alpha value is -2.98. The summed E-state index contributed by atoms with van der Waals surface area (Å²) in [5.41, 5.74) is 0.977. The van der Waals surface area contributed by atoms with E-state index in [1.807, 2.05) is 20.8 Å². The van der Waals surface area contributed by atoms with E-state index in [0.29, 0.717) is 17.9 Å². The maximum Gasteiger partial charge on any atom is 0.244 e. The Balaban J connectivity index is 2.46. The maximum absolute atomic E-state index is 13.7. The van der Waals surface area contributed by atoms with Gasteiger partial charge in [-0.3, -0.25) is 13.9 Å². The summed E-state index contributed by atoms with van der Waals surface area (Å²) in [5, 5.41) is 3.14. The van der Waals surface area contributed by atoms with Gasteiger partial charge in [0.05, 0.1) is 31.2 Å². The topological polar surface area (TPSA) is 105 Å². The van der Waals surface area contributed by atoms with E-state index < -0.39 is 28.5 Å². The summed E-state index contributed by atoms with van der Waals surface area (Å²) in [4.78, 5) is 28.3. The lowest BCUT2D eigenvalue weighted by Gasteiger charge is -2.33. The number of ether oxygens (including phenoxy) is 2. The third-order valence-corrected chi connectivity index (χ3v) is 7.44. The Morgan fingerprint density at radius 3 is 2.16 bits per heavy atom. The third-order valence-electron chi connectivity index (χ3n) is 6.00. The van der Waals surface area contributed by atoms with Crippen molar-refractivity contribution in [3.63, 3.8) is 0 Å². The molecule has 0 saturated heterocycles. The van der Waals surface area contributed by atoms with Crippen LogP contribution in [0, 0.1) is 0 Å². The number of hydrogen-bond donors (Lipinski definition) is 1. The Labute approximate surface area is 224 Å². The van der Waals surface area contributed by atoms with Crippen molar-refractivity contribution < 1.29 is 27.5 Å². The van der Waals surface area contributed by atoms with Gasteiger partial charge in [0.25, 0.3) is 0 Å². The van der Waals surface area contributed by atoms with Crippen LogP contribution in [-0.2, 0) is 26.2 Å². The van der Waals surface area contributed by atoms with Crippen molar-refractivity contribution in [2.75, 3.05) is 31.3 Å². The summed E-state index contributed by atoms with van der Waals surface area (Å²) in [6.07, 6.45) is 2.09. The number of rotatable bonds is 13. The van der Waals surface area contributed by atoms with Crippen molar-refractivity contribution in [1.82, 2.24) is 10.2 Å². The lowest BCUT2D eigenvalue weighted by Crippen LogP contribution is -2.53. The summed E-state index contributed by atoms with van der Waals surface area (Å²) in [7, 11) is -0.864. The largest absolute Gasteiger partial charge is 0.497 e. The standard InChI is InChI=1S/C26H36ClN3O6S/c1-7-18(3)28-26(32)23(8-2)29(16-19-9-12-21(35-4)13-10-19)25(31)17-30(37(6,33)34)20-11-14-24(36-5)22(27)15-20/h9-15,18,23H,7-8,16-17H2,1-6H3,(H,28,32)/t18-,23-/m1/s1. The number of carbonyl (C=O) groups is 2. The van der Waals surface area contributed by atoms with Crippen LogP contribution in [0.5, 0.6) is 11.5 Å². The number of carbonyl (C=O) groups excluding carboxylic acids is 2. The van der Waals surface area contributed by atoms with Crippen molar-refractivity contribution in [1.29, 1.82) is 0 Å². The molecule has 1 N–H and O–H groups in total. The molecule has 2 aromatic rings. The molecule has 9 nitrogen and oxygen atoms in total. The molecule has 0 bridgehead atoms. The van der Waals surface area contributed by atoms with Crippen molar-refractivity contribution in [3.8, 4) is 11.5 Å². The number of nitrogens with one attached hydrogen (secondary N) is 1. The van der Waals surface area contributed by atoms with Gasteiger partial charge in [-0.2, -0.15) is 0 Å². The molecule has 37 heavy (non-hydrogen) atoms. The van der Waals surface area contributed by atoms with Crippen LogP contribution in [0.25, 0.3) is 0 Å².